The number of nitrogens with one attached hydrogen (secondary N) is 1. The van der Waals surface area contributed by atoms with Gasteiger partial charge in [0.2, 0.25) is 11.8 Å². The molecule has 0 radical (unpaired) electrons. The van der Waals surface area contributed by atoms with Crippen molar-refractivity contribution in [3.63, 3.8) is 0 Å². The molecule has 1 heterocycles. The highest BCUT2D eigenvalue weighted by atomic mass is 127. The molecule has 1 aromatic carbocycles. The number of rotatable bonds is 3. The van der Waals surface area contributed by atoms with Crippen LogP contribution in [0.25, 0.3) is 0 Å². The molecule has 19 heavy (non-hydrogen) atoms. The first-order valence-corrected chi connectivity index (χ1v) is 7.56. The van der Waals surface area contributed by atoms with Gasteiger partial charge >= 0.3 is 0 Å². The van der Waals surface area contributed by atoms with Crippen LogP contribution in [0.15, 0.2) is 24.3 Å². The van der Waals surface area contributed by atoms with Crippen molar-refractivity contribution >= 4 is 40.1 Å². The summed E-state index contributed by atoms with van der Waals surface area (Å²) < 4.78 is 1.12. The molecule has 5 heteroatoms. The van der Waals surface area contributed by atoms with Crippen LogP contribution in [0, 0.1) is 3.57 Å². The summed E-state index contributed by atoms with van der Waals surface area (Å²) in [6, 6.07) is 7.61. The van der Waals surface area contributed by atoms with E-state index in [0.29, 0.717) is 13.0 Å². The molecule has 4 nitrogen and oxygen atoms in total. The first-order chi connectivity index (χ1) is 9.15. The number of benzene rings is 1. The Morgan fingerprint density at radius 1 is 1.21 bits per heavy atom. The molecule has 1 N–H and O–H groups in total. The highest BCUT2D eigenvalue weighted by Crippen LogP contribution is 2.13. The number of nitrogens with zero attached hydrogens (tertiary/aromatic N) is 1. The number of hydrogen-bond acceptors (Lipinski definition) is 2. The first kappa shape index (κ1) is 14.3. The van der Waals surface area contributed by atoms with E-state index in [1.807, 2.05) is 24.3 Å². The zero-order valence-corrected chi connectivity index (χ0v) is 12.9. The van der Waals surface area contributed by atoms with Crippen molar-refractivity contribution in [2.24, 2.45) is 0 Å². The number of carbonyl (C=O) groups is 2. The van der Waals surface area contributed by atoms with Gasteiger partial charge < -0.3 is 10.2 Å². The Morgan fingerprint density at radius 2 is 1.95 bits per heavy atom. The predicted octanol–water partition coefficient (Wildman–Crippen LogP) is 2.63. The molecule has 1 aromatic rings. The largest absolute Gasteiger partial charge is 0.333 e. The van der Waals surface area contributed by atoms with Crippen LogP contribution >= 0.6 is 22.6 Å². The topological polar surface area (TPSA) is 49.4 Å². The van der Waals surface area contributed by atoms with E-state index < -0.39 is 0 Å². The van der Waals surface area contributed by atoms with Gasteiger partial charge in [0.1, 0.15) is 0 Å². The van der Waals surface area contributed by atoms with Crippen LogP contribution in [-0.2, 0) is 9.59 Å². The van der Waals surface area contributed by atoms with Gasteiger partial charge in [0.15, 0.2) is 0 Å². The molecule has 1 aliphatic heterocycles. The normalized spacial score (nSPS) is 16.1. The van der Waals surface area contributed by atoms with Crippen LogP contribution in [0.3, 0.4) is 0 Å². The minimum Gasteiger partial charge on any atom is -0.333 e. The summed E-state index contributed by atoms with van der Waals surface area (Å²) in [6.45, 7) is 0.851. The van der Waals surface area contributed by atoms with Gasteiger partial charge in [-0.25, -0.2) is 0 Å². The minimum atomic E-state index is -0.128. The summed E-state index contributed by atoms with van der Waals surface area (Å²) in [5, 5.41) is 2.82. The third-order valence-corrected chi connectivity index (χ3v) is 3.85. The van der Waals surface area contributed by atoms with Crippen molar-refractivity contribution in [3.05, 3.63) is 27.8 Å². The highest BCUT2D eigenvalue weighted by Gasteiger charge is 2.19. The standard InChI is InChI=1S/C14H17IN2O2/c15-11-5-7-12(8-6-11)16-13(18)10-17-9-3-1-2-4-14(17)19/h5-8H,1-4,9-10H2,(H,16,18). The zero-order valence-electron chi connectivity index (χ0n) is 10.7. The van der Waals surface area contributed by atoms with Crippen LogP contribution in [0.1, 0.15) is 25.7 Å². The quantitative estimate of drug-likeness (QED) is 0.830. The van der Waals surface area contributed by atoms with E-state index in [4.69, 9.17) is 0 Å². The molecule has 102 valence electrons. The summed E-state index contributed by atoms with van der Waals surface area (Å²) >= 11 is 2.22. The summed E-state index contributed by atoms with van der Waals surface area (Å²) in [4.78, 5) is 25.4. The Hall–Kier alpha value is -1.11. The summed E-state index contributed by atoms with van der Waals surface area (Å²) in [6.07, 6.45) is 3.56. The molecule has 0 bridgehead atoms. The van der Waals surface area contributed by atoms with Gasteiger partial charge in [-0.2, -0.15) is 0 Å². The average molecular weight is 372 g/mol. The SMILES string of the molecule is O=C(CN1CCCCCC1=O)Nc1ccc(I)cc1. The van der Waals surface area contributed by atoms with Crippen LogP contribution < -0.4 is 5.32 Å². The lowest BCUT2D eigenvalue weighted by atomic mass is 10.2. The van der Waals surface area contributed by atoms with E-state index >= 15 is 0 Å². The Kier molecular flexibility index (Phi) is 5.18. The lowest BCUT2D eigenvalue weighted by Gasteiger charge is -2.19. The number of halogens is 1. The van der Waals surface area contributed by atoms with Gasteiger partial charge in [-0.1, -0.05) is 6.42 Å². The zero-order chi connectivity index (χ0) is 13.7. The molecule has 1 saturated heterocycles. The van der Waals surface area contributed by atoms with Gasteiger partial charge in [0, 0.05) is 22.2 Å². The second-order valence-electron chi connectivity index (χ2n) is 4.68. The smallest absolute Gasteiger partial charge is 0.243 e. The Bertz CT molecular complexity index is 459. The second kappa shape index (κ2) is 6.88. The Labute approximate surface area is 126 Å². The lowest BCUT2D eigenvalue weighted by Crippen LogP contribution is -2.37. The van der Waals surface area contributed by atoms with E-state index in [9.17, 15) is 9.59 Å². The van der Waals surface area contributed by atoms with Crippen molar-refractivity contribution < 1.29 is 9.59 Å². The van der Waals surface area contributed by atoms with E-state index in [1.54, 1.807) is 4.90 Å². The molecule has 1 aliphatic rings. The molecule has 0 unspecified atom stereocenters. The highest BCUT2D eigenvalue weighted by molar-refractivity contribution is 14.1. The third-order valence-electron chi connectivity index (χ3n) is 3.13. The summed E-state index contributed by atoms with van der Waals surface area (Å²) in [5.41, 5.74) is 0.771. The molecule has 2 rings (SSSR count). The van der Waals surface area contributed by atoms with Crippen molar-refractivity contribution in [1.82, 2.24) is 4.90 Å². The number of carbonyl (C=O) groups excluding carboxylic acids is 2. The van der Waals surface area contributed by atoms with Crippen LogP contribution in [-0.4, -0.2) is 29.8 Å². The summed E-state index contributed by atoms with van der Waals surface area (Å²) in [7, 11) is 0. The van der Waals surface area contributed by atoms with E-state index in [1.165, 1.54) is 0 Å². The fourth-order valence-corrected chi connectivity index (χ4v) is 2.47. The fraction of sp³-hybridized carbons (Fsp3) is 0.429. The van der Waals surface area contributed by atoms with Gasteiger partial charge in [0.05, 0.1) is 6.54 Å². The third kappa shape index (κ3) is 4.49. The van der Waals surface area contributed by atoms with Crippen LogP contribution in [0.4, 0.5) is 5.69 Å². The van der Waals surface area contributed by atoms with Crippen molar-refractivity contribution in [3.8, 4) is 0 Å². The Morgan fingerprint density at radius 3 is 2.68 bits per heavy atom. The van der Waals surface area contributed by atoms with Gasteiger partial charge in [-0.05, 0) is 59.7 Å². The first-order valence-electron chi connectivity index (χ1n) is 6.48. The van der Waals surface area contributed by atoms with Gasteiger partial charge in [-0.3, -0.25) is 9.59 Å². The number of hydrogen-bond donors (Lipinski definition) is 1. The monoisotopic (exact) mass is 372 g/mol. The maximum absolute atomic E-state index is 11.9. The van der Waals surface area contributed by atoms with E-state index in [2.05, 4.69) is 27.9 Å². The molecule has 0 aliphatic carbocycles. The Balaban J connectivity index is 1.89. The van der Waals surface area contributed by atoms with Crippen molar-refractivity contribution in [1.29, 1.82) is 0 Å². The molecular weight excluding hydrogens is 355 g/mol. The number of amides is 2. The van der Waals surface area contributed by atoms with Crippen molar-refractivity contribution in [2.45, 2.75) is 25.7 Å². The molecule has 1 fully saturated rings. The lowest BCUT2D eigenvalue weighted by molar-refractivity contribution is -0.134. The van der Waals surface area contributed by atoms with E-state index in [-0.39, 0.29) is 18.4 Å². The molecular formula is C14H17IN2O2. The van der Waals surface area contributed by atoms with Crippen LogP contribution in [0.5, 0.6) is 0 Å². The van der Waals surface area contributed by atoms with Crippen LogP contribution in [0.2, 0.25) is 0 Å². The second-order valence-corrected chi connectivity index (χ2v) is 5.93. The fourth-order valence-electron chi connectivity index (χ4n) is 2.11. The summed E-state index contributed by atoms with van der Waals surface area (Å²) in [5.74, 6) is -0.0354. The van der Waals surface area contributed by atoms with E-state index in [0.717, 1.165) is 28.5 Å². The number of anilines is 1. The maximum atomic E-state index is 11.9. The number of likely N-dealkylation sites (tertiary alicyclic amines) is 1. The average Bonchev–Trinajstić information content (AvgIpc) is 2.58. The van der Waals surface area contributed by atoms with Crippen molar-refractivity contribution in [2.75, 3.05) is 18.4 Å². The maximum Gasteiger partial charge on any atom is 0.243 e. The minimum absolute atomic E-state index is 0.0928. The van der Waals surface area contributed by atoms with Gasteiger partial charge in [-0.15, -0.1) is 0 Å². The predicted molar refractivity (Wildman–Crippen MR) is 82.8 cm³/mol. The molecule has 0 saturated carbocycles. The molecule has 0 aromatic heterocycles. The molecule has 0 atom stereocenters. The molecule has 2 amide bonds. The van der Waals surface area contributed by atoms with Gasteiger partial charge in [0.25, 0.3) is 0 Å². The molecule has 0 spiro atoms.